The average molecular weight is 309 g/mol. The number of rotatable bonds is 5. The van der Waals surface area contributed by atoms with Crippen molar-refractivity contribution in [2.75, 3.05) is 25.7 Å². The lowest BCUT2D eigenvalue weighted by Crippen LogP contribution is -2.12. The van der Waals surface area contributed by atoms with E-state index in [1.807, 2.05) is 0 Å². The molecule has 0 bridgehead atoms. The molecule has 0 saturated heterocycles. The second-order valence-electron chi connectivity index (χ2n) is 3.27. The minimum Gasteiger partial charge on any atom is -0.497 e. The molecule has 0 aliphatic carbocycles. The van der Waals surface area contributed by atoms with Gasteiger partial charge in [0.25, 0.3) is 0 Å². The zero-order valence-electron chi connectivity index (χ0n) is 9.07. The number of hydrogen-bond donors (Lipinski definition) is 0. The largest absolute Gasteiger partial charge is 0.497 e. The molecule has 0 spiro atoms. The summed E-state index contributed by atoms with van der Waals surface area (Å²) in [6.45, 7) is 0.143. The summed E-state index contributed by atoms with van der Waals surface area (Å²) in [5.74, 6) is 1.32. The monoisotopic (exact) mass is 308 g/mol. The lowest BCUT2D eigenvalue weighted by atomic mass is 10.3. The molecule has 0 aliphatic heterocycles. The Morgan fingerprint density at radius 1 is 1.38 bits per heavy atom. The zero-order valence-corrected chi connectivity index (χ0v) is 11.5. The molecule has 0 aliphatic rings. The first-order chi connectivity index (χ1) is 7.42. The zero-order chi connectivity index (χ0) is 12.2. The fourth-order valence-electron chi connectivity index (χ4n) is 1.03. The molecule has 6 heteroatoms. The van der Waals surface area contributed by atoms with Crippen molar-refractivity contribution in [2.45, 2.75) is 0 Å². The molecule has 1 aromatic rings. The second-order valence-corrected chi connectivity index (χ2v) is 6.39. The predicted octanol–water partition coefficient (Wildman–Crippen LogP) is 1.88. The number of halogens is 1. The fraction of sp³-hybridized carbons (Fsp3) is 0.400. The molecule has 0 unspecified atom stereocenters. The van der Waals surface area contributed by atoms with Gasteiger partial charge in [0.2, 0.25) is 0 Å². The summed E-state index contributed by atoms with van der Waals surface area (Å²) in [7, 11) is -1.41. The Balaban J connectivity index is 2.61. The van der Waals surface area contributed by atoms with E-state index in [1.54, 1.807) is 25.3 Å². The van der Waals surface area contributed by atoms with Crippen molar-refractivity contribution in [3.63, 3.8) is 0 Å². The van der Waals surface area contributed by atoms with Crippen LogP contribution >= 0.6 is 15.9 Å². The summed E-state index contributed by atoms with van der Waals surface area (Å²) in [6, 6.07) is 5.24. The average Bonchev–Trinajstić information content (AvgIpc) is 2.18. The van der Waals surface area contributed by atoms with E-state index in [-0.39, 0.29) is 12.4 Å². The van der Waals surface area contributed by atoms with Gasteiger partial charge in [-0.05, 0) is 34.1 Å². The van der Waals surface area contributed by atoms with Gasteiger partial charge < -0.3 is 9.47 Å². The molecule has 0 fully saturated rings. The molecule has 0 aromatic heterocycles. The van der Waals surface area contributed by atoms with Crippen LogP contribution in [-0.4, -0.2) is 34.1 Å². The van der Waals surface area contributed by atoms with E-state index in [0.29, 0.717) is 11.5 Å². The summed E-state index contributed by atoms with van der Waals surface area (Å²) >= 11 is 3.31. The van der Waals surface area contributed by atoms with E-state index in [1.165, 1.54) is 6.26 Å². The lowest BCUT2D eigenvalue weighted by molar-refractivity contribution is 0.337. The summed E-state index contributed by atoms with van der Waals surface area (Å²) in [5.41, 5.74) is 0. The molecule has 0 saturated carbocycles. The maximum absolute atomic E-state index is 10.9. The first-order valence-electron chi connectivity index (χ1n) is 4.56. The fourth-order valence-corrected chi connectivity index (χ4v) is 1.89. The summed E-state index contributed by atoms with van der Waals surface area (Å²) in [5, 5.41) is 0. The van der Waals surface area contributed by atoms with Crippen molar-refractivity contribution in [1.82, 2.24) is 0 Å². The van der Waals surface area contributed by atoms with Gasteiger partial charge in [0.15, 0.2) is 9.84 Å². The molecule has 1 aromatic carbocycles. The van der Waals surface area contributed by atoms with E-state index in [2.05, 4.69) is 15.9 Å². The first-order valence-corrected chi connectivity index (χ1v) is 7.42. The van der Waals surface area contributed by atoms with E-state index in [9.17, 15) is 8.42 Å². The highest BCUT2D eigenvalue weighted by molar-refractivity contribution is 9.10. The normalized spacial score (nSPS) is 11.2. The maximum Gasteiger partial charge on any atom is 0.150 e. The summed E-state index contributed by atoms with van der Waals surface area (Å²) in [4.78, 5) is 0. The van der Waals surface area contributed by atoms with Gasteiger partial charge in [0.1, 0.15) is 18.1 Å². The Labute approximate surface area is 104 Å². The molecule has 0 atom stereocenters. The highest BCUT2D eigenvalue weighted by atomic mass is 79.9. The van der Waals surface area contributed by atoms with Crippen LogP contribution in [-0.2, 0) is 9.84 Å². The van der Waals surface area contributed by atoms with Gasteiger partial charge in [-0.2, -0.15) is 0 Å². The predicted molar refractivity (Wildman–Crippen MR) is 65.9 cm³/mol. The smallest absolute Gasteiger partial charge is 0.150 e. The number of methoxy groups -OCH3 is 1. The highest BCUT2D eigenvalue weighted by Gasteiger charge is 2.05. The Morgan fingerprint density at radius 3 is 2.56 bits per heavy atom. The highest BCUT2D eigenvalue weighted by Crippen LogP contribution is 2.28. The molecular formula is C10H13BrO4S. The van der Waals surface area contributed by atoms with Crippen LogP contribution in [0.15, 0.2) is 22.7 Å². The van der Waals surface area contributed by atoms with Crippen molar-refractivity contribution in [3.05, 3.63) is 22.7 Å². The van der Waals surface area contributed by atoms with Crippen LogP contribution in [0.1, 0.15) is 0 Å². The minimum absolute atomic E-state index is 0.00543. The molecule has 0 heterocycles. The van der Waals surface area contributed by atoms with E-state index < -0.39 is 9.84 Å². The quantitative estimate of drug-likeness (QED) is 0.833. The maximum atomic E-state index is 10.9. The first kappa shape index (κ1) is 13.3. The molecule has 0 radical (unpaired) electrons. The van der Waals surface area contributed by atoms with Crippen LogP contribution in [0, 0.1) is 0 Å². The lowest BCUT2D eigenvalue weighted by Gasteiger charge is -2.08. The van der Waals surface area contributed by atoms with Gasteiger partial charge >= 0.3 is 0 Å². The molecular weight excluding hydrogens is 296 g/mol. The van der Waals surface area contributed by atoms with E-state index >= 15 is 0 Å². The number of benzene rings is 1. The van der Waals surface area contributed by atoms with Crippen molar-refractivity contribution >= 4 is 25.8 Å². The van der Waals surface area contributed by atoms with Crippen LogP contribution in [0.3, 0.4) is 0 Å². The number of ether oxygens (including phenoxy) is 2. The summed E-state index contributed by atoms with van der Waals surface area (Å²) < 4.78 is 32.9. The van der Waals surface area contributed by atoms with Crippen molar-refractivity contribution < 1.29 is 17.9 Å². The number of hydrogen-bond acceptors (Lipinski definition) is 4. The van der Waals surface area contributed by atoms with E-state index in [0.717, 1.165) is 4.47 Å². The van der Waals surface area contributed by atoms with Gasteiger partial charge in [-0.1, -0.05) is 0 Å². The van der Waals surface area contributed by atoms with Crippen molar-refractivity contribution in [2.24, 2.45) is 0 Å². The molecule has 1 rings (SSSR count). The Morgan fingerprint density at radius 2 is 2.06 bits per heavy atom. The van der Waals surface area contributed by atoms with E-state index in [4.69, 9.17) is 9.47 Å². The standard InChI is InChI=1S/C10H13BrO4S/c1-14-8-3-4-10(9(11)7-8)15-5-6-16(2,12)13/h3-4,7H,5-6H2,1-2H3. The minimum atomic E-state index is -2.98. The van der Waals surface area contributed by atoms with Gasteiger partial charge in [-0.15, -0.1) is 0 Å². The Bertz CT molecular complexity index is 456. The number of sulfone groups is 1. The van der Waals surface area contributed by atoms with Crippen LogP contribution in [0.4, 0.5) is 0 Å². The van der Waals surface area contributed by atoms with Gasteiger partial charge in [-0.3, -0.25) is 0 Å². The molecule has 0 amide bonds. The van der Waals surface area contributed by atoms with Crippen molar-refractivity contribution in [1.29, 1.82) is 0 Å². The van der Waals surface area contributed by atoms with Crippen LogP contribution in [0.25, 0.3) is 0 Å². The van der Waals surface area contributed by atoms with Crippen molar-refractivity contribution in [3.8, 4) is 11.5 Å². The second kappa shape index (κ2) is 5.54. The molecule has 90 valence electrons. The molecule has 4 nitrogen and oxygen atoms in total. The third-order valence-corrected chi connectivity index (χ3v) is 3.38. The molecule has 16 heavy (non-hydrogen) atoms. The van der Waals surface area contributed by atoms with Gasteiger partial charge in [0, 0.05) is 6.26 Å². The van der Waals surface area contributed by atoms with Crippen LogP contribution < -0.4 is 9.47 Å². The SMILES string of the molecule is COc1ccc(OCCS(C)(=O)=O)c(Br)c1. The topological polar surface area (TPSA) is 52.6 Å². The Hall–Kier alpha value is -0.750. The Kier molecular flexibility index (Phi) is 4.61. The third kappa shape index (κ3) is 4.40. The van der Waals surface area contributed by atoms with Crippen LogP contribution in [0.5, 0.6) is 11.5 Å². The van der Waals surface area contributed by atoms with Gasteiger partial charge in [0.05, 0.1) is 17.3 Å². The third-order valence-electron chi connectivity index (χ3n) is 1.85. The molecule has 0 N–H and O–H groups in total. The summed E-state index contributed by atoms with van der Waals surface area (Å²) in [6.07, 6.45) is 1.18. The van der Waals surface area contributed by atoms with Gasteiger partial charge in [-0.25, -0.2) is 8.42 Å². The van der Waals surface area contributed by atoms with Crippen LogP contribution in [0.2, 0.25) is 0 Å².